The maximum Gasteiger partial charge on any atom is 0.0847 e. The summed E-state index contributed by atoms with van der Waals surface area (Å²) >= 11 is 0. The van der Waals surface area contributed by atoms with Crippen molar-refractivity contribution in [2.75, 3.05) is 11.1 Å². The molecule has 0 amide bonds. The number of benzene rings is 1. The minimum Gasteiger partial charge on any atom is -0.396 e. The zero-order valence-corrected chi connectivity index (χ0v) is 13.2. The molecule has 4 nitrogen and oxygen atoms in total. The maximum absolute atomic E-state index is 11.0. The molecule has 1 aromatic carbocycles. The zero-order valence-electron chi connectivity index (χ0n) is 13.2. The standard InChI is InChI=1S/C18H25N3O/c1-2-16(18(22)10-6-3-7-11-18)21-17-13-8-4-5-9-15(13)20-12-14(17)19/h4-5,8-9,12,16,22H,2-3,6-7,10-11,19H2,1H3,(H,20,21). The number of anilines is 2. The van der Waals surface area contributed by atoms with Crippen molar-refractivity contribution in [1.29, 1.82) is 0 Å². The molecule has 1 fully saturated rings. The molecule has 1 heterocycles. The molecule has 0 saturated heterocycles. The molecule has 1 atom stereocenters. The normalized spacial score (nSPS) is 19.0. The van der Waals surface area contributed by atoms with E-state index in [4.69, 9.17) is 5.73 Å². The molecule has 0 aliphatic heterocycles. The fourth-order valence-electron chi connectivity index (χ4n) is 3.62. The van der Waals surface area contributed by atoms with Crippen LogP contribution in [0.1, 0.15) is 45.4 Å². The van der Waals surface area contributed by atoms with Crippen LogP contribution in [0.15, 0.2) is 30.5 Å². The molecule has 1 aromatic heterocycles. The molecular formula is C18H25N3O. The van der Waals surface area contributed by atoms with Crippen molar-refractivity contribution < 1.29 is 5.11 Å². The molecule has 1 aliphatic rings. The summed E-state index contributed by atoms with van der Waals surface area (Å²) in [5.74, 6) is 0. The number of pyridine rings is 1. The van der Waals surface area contributed by atoms with Gasteiger partial charge in [-0.1, -0.05) is 44.4 Å². The quantitative estimate of drug-likeness (QED) is 0.805. The van der Waals surface area contributed by atoms with Gasteiger partial charge in [0.25, 0.3) is 0 Å². The minimum atomic E-state index is -0.635. The maximum atomic E-state index is 11.0. The molecular weight excluding hydrogens is 274 g/mol. The van der Waals surface area contributed by atoms with Crippen LogP contribution in [0, 0.1) is 0 Å². The highest BCUT2D eigenvalue weighted by atomic mass is 16.3. The largest absolute Gasteiger partial charge is 0.396 e. The summed E-state index contributed by atoms with van der Waals surface area (Å²) in [6, 6.07) is 7.99. The second-order valence-electron chi connectivity index (χ2n) is 6.38. The Morgan fingerprint density at radius 1 is 1.27 bits per heavy atom. The first kappa shape index (κ1) is 15.1. The number of aliphatic hydroxyl groups is 1. The lowest BCUT2D eigenvalue weighted by Gasteiger charge is -2.40. The van der Waals surface area contributed by atoms with Crippen LogP contribution in [-0.4, -0.2) is 21.7 Å². The molecule has 1 unspecified atom stereocenters. The molecule has 118 valence electrons. The van der Waals surface area contributed by atoms with Gasteiger partial charge in [-0.2, -0.15) is 0 Å². The summed E-state index contributed by atoms with van der Waals surface area (Å²) < 4.78 is 0. The Balaban J connectivity index is 1.95. The second-order valence-corrected chi connectivity index (χ2v) is 6.38. The summed E-state index contributed by atoms with van der Waals surface area (Å²) in [4.78, 5) is 4.38. The second kappa shape index (κ2) is 6.13. The van der Waals surface area contributed by atoms with Crippen LogP contribution in [0.5, 0.6) is 0 Å². The molecule has 0 spiro atoms. The van der Waals surface area contributed by atoms with Gasteiger partial charge in [0.2, 0.25) is 0 Å². The average Bonchev–Trinajstić information content (AvgIpc) is 2.54. The van der Waals surface area contributed by atoms with Crippen LogP contribution < -0.4 is 11.1 Å². The van der Waals surface area contributed by atoms with Crippen molar-refractivity contribution in [3.8, 4) is 0 Å². The number of hydrogen-bond donors (Lipinski definition) is 3. The highest BCUT2D eigenvalue weighted by Crippen LogP contribution is 2.36. The van der Waals surface area contributed by atoms with Crippen LogP contribution in [0.3, 0.4) is 0 Å². The third kappa shape index (κ3) is 2.75. The molecule has 0 bridgehead atoms. The number of nitrogens with two attached hydrogens (primary N) is 1. The SMILES string of the molecule is CCC(Nc1c(N)cnc2ccccc12)C1(O)CCCCC1. The number of hydrogen-bond acceptors (Lipinski definition) is 4. The summed E-state index contributed by atoms with van der Waals surface area (Å²) in [6.45, 7) is 2.11. The van der Waals surface area contributed by atoms with Gasteiger partial charge in [-0.25, -0.2) is 0 Å². The lowest BCUT2D eigenvalue weighted by atomic mass is 9.78. The van der Waals surface area contributed by atoms with Crippen LogP contribution >= 0.6 is 0 Å². The third-order valence-corrected chi connectivity index (χ3v) is 4.90. The van der Waals surface area contributed by atoms with Crippen molar-refractivity contribution >= 4 is 22.3 Å². The highest BCUT2D eigenvalue weighted by molar-refractivity contribution is 5.97. The van der Waals surface area contributed by atoms with Crippen LogP contribution in [-0.2, 0) is 0 Å². The van der Waals surface area contributed by atoms with Gasteiger partial charge in [-0.05, 0) is 25.3 Å². The predicted octanol–water partition coefficient (Wildman–Crippen LogP) is 3.70. The Kier molecular flexibility index (Phi) is 4.21. The molecule has 2 aromatic rings. The number of fused-ring (bicyclic) bond motifs is 1. The van der Waals surface area contributed by atoms with Crippen molar-refractivity contribution in [2.45, 2.75) is 57.1 Å². The van der Waals surface area contributed by atoms with E-state index < -0.39 is 5.60 Å². The molecule has 0 radical (unpaired) electrons. The molecule has 1 aliphatic carbocycles. The van der Waals surface area contributed by atoms with E-state index in [1.165, 1.54) is 6.42 Å². The number of aromatic nitrogens is 1. The van der Waals surface area contributed by atoms with Crippen molar-refractivity contribution in [1.82, 2.24) is 4.98 Å². The summed E-state index contributed by atoms with van der Waals surface area (Å²) in [7, 11) is 0. The Morgan fingerprint density at radius 2 is 2.00 bits per heavy atom. The Hall–Kier alpha value is -1.81. The topological polar surface area (TPSA) is 71.2 Å². The van der Waals surface area contributed by atoms with Crippen molar-refractivity contribution in [2.24, 2.45) is 0 Å². The van der Waals surface area contributed by atoms with E-state index in [0.717, 1.165) is 48.7 Å². The fourth-order valence-corrected chi connectivity index (χ4v) is 3.62. The van der Waals surface area contributed by atoms with E-state index in [0.29, 0.717) is 5.69 Å². The lowest BCUT2D eigenvalue weighted by molar-refractivity contribution is -0.0142. The smallest absolute Gasteiger partial charge is 0.0847 e. The minimum absolute atomic E-state index is 0.0147. The van der Waals surface area contributed by atoms with E-state index in [2.05, 4.69) is 17.2 Å². The molecule has 1 saturated carbocycles. The van der Waals surface area contributed by atoms with Crippen LogP contribution in [0.25, 0.3) is 10.9 Å². The number of nitrogen functional groups attached to an aromatic ring is 1. The lowest BCUT2D eigenvalue weighted by Crippen LogP contribution is -2.48. The summed E-state index contributed by atoms with van der Waals surface area (Å²) in [5.41, 5.74) is 7.98. The van der Waals surface area contributed by atoms with E-state index in [1.54, 1.807) is 6.20 Å². The van der Waals surface area contributed by atoms with Gasteiger partial charge >= 0.3 is 0 Å². The van der Waals surface area contributed by atoms with Gasteiger partial charge in [0.1, 0.15) is 0 Å². The molecule has 3 rings (SSSR count). The highest BCUT2D eigenvalue weighted by Gasteiger charge is 2.37. The van der Waals surface area contributed by atoms with Gasteiger partial charge in [0, 0.05) is 5.39 Å². The third-order valence-electron chi connectivity index (χ3n) is 4.90. The first-order valence-electron chi connectivity index (χ1n) is 8.26. The predicted molar refractivity (Wildman–Crippen MR) is 91.9 cm³/mol. The van der Waals surface area contributed by atoms with Gasteiger partial charge in [0.05, 0.1) is 34.7 Å². The first-order valence-corrected chi connectivity index (χ1v) is 8.26. The van der Waals surface area contributed by atoms with Crippen molar-refractivity contribution in [3.63, 3.8) is 0 Å². The molecule has 22 heavy (non-hydrogen) atoms. The number of para-hydroxylation sites is 1. The summed E-state index contributed by atoms with van der Waals surface area (Å²) in [6.07, 6.45) is 7.71. The van der Waals surface area contributed by atoms with Crippen molar-refractivity contribution in [3.05, 3.63) is 30.5 Å². The molecule has 4 N–H and O–H groups in total. The average molecular weight is 299 g/mol. The van der Waals surface area contributed by atoms with Gasteiger partial charge in [-0.3, -0.25) is 4.98 Å². The van der Waals surface area contributed by atoms with E-state index in [1.807, 2.05) is 24.3 Å². The zero-order chi connectivity index (χ0) is 15.6. The van der Waals surface area contributed by atoms with E-state index >= 15 is 0 Å². The molecule has 4 heteroatoms. The summed E-state index contributed by atoms with van der Waals surface area (Å²) in [5, 5.41) is 15.6. The first-order chi connectivity index (χ1) is 10.6. The fraction of sp³-hybridized carbons (Fsp3) is 0.500. The number of nitrogens with one attached hydrogen (secondary N) is 1. The van der Waals surface area contributed by atoms with Crippen LogP contribution in [0.2, 0.25) is 0 Å². The number of rotatable bonds is 4. The number of nitrogens with zero attached hydrogens (tertiary/aromatic N) is 1. The monoisotopic (exact) mass is 299 g/mol. The van der Waals surface area contributed by atoms with E-state index in [9.17, 15) is 5.11 Å². The Labute approximate surface area is 131 Å². The van der Waals surface area contributed by atoms with E-state index in [-0.39, 0.29) is 6.04 Å². The van der Waals surface area contributed by atoms with Gasteiger partial charge in [0.15, 0.2) is 0 Å². The van der Waals surface area contributed by atoms with Gasteiger partial charge < -0.3 is 16.2 Å². The Bertz CT molecular complexity index is 650. The Morgan fingerprint density at radius 3 is 2.73 bits per heavy atom. The van der Waals surface area contributed by atoms with Gasteiger partial charge in [-0.15, -0.1) is 0 Å². The van der Waals surface area contributed by atoms with Crippen LogP contribution in [0.4, 0.5) is 11.4 Å².